The first kappa shape index (κ1) is 10.9. The van der Waals surface area contributed by atoms with Crippen LogP contribution >= 0.6 is 0 Å². The predicted octanol–water partition coefficient (Wildman–Crippen LogP) is 1.79. The van der Waals surface area contributed by atoms with E-state index in [1.807, 2.05) is 6.92 Å². The number of hydrogen-bond donors (Lipinski definition) is 1. The van der Waals surface area contributed by atoms with Gasteiger partial charge in [-0.3, -0.25) is 0 Å². The topological polar surface area (TPSA) is 35.2 Å². The van der Waals surface area contributed by atoms with Crippen molar-refractivity contribution in [2.45, 2.75) is 33.1 Å². The third-order valence-electron chi connectivity index (χ3n) is 1.90. The summed E-state index contributed by atoms with van der Waals surface area (Å²) in [5.74, 6) is 0.673. The molecule has 0 saturated heterocycles. The molecule has 0 aromatic carbocycles. The molecular formula is C9H21NO. The zero-order valence-electron chi connectivity index (χ0n) is 7.81. The van der Waals surface area contributed by atoms with E-state index in [-0.39, 0.29) is 0 Å². The second-order valence-electron chi connectivity index (χ2n) is 2.88. The van der Waals surface area contributed by atoms with E-state index in [1.165, 1.54) is 12.8 Å². The summed E-state index contributed by atoms with van der Waals surface area (Å²) in [7, 11) is 0. The summed E-state index contributed by atoms with van der Waals surface area (Å²) < 4.78 is 5.26. The maximum atomic E-state index is 5.59. The lowest BCUT2D eigenvalue weighted by Gasteiger charge is -2.12. The molecule has 11 heavy (non-hydrogen) atoms. The summed E-state index contributed by atoms with van der Waals surface area (Å²) in [6, 6.07) is 0. The van der Waals surface area contributed by atoms with Gasteiger partial charge >= 0.3 is 0 Å². The van der Waals surface area contributed by atoms with E-state index < -0.39 is 0 Å². The Labute approximate surface area is 70.1 Å². The van der Waals surface area contributed by atoms with Crippen molar-refractivity contribution in [1.82, 2.24) is 0 Å². The van der Waals surface area contributed by atoms with Crippen LogP contribution in [0.25, 0.3) is 0 Å². The van der Waals surface area contributed by atoms with Crippen molar-refractivity contribution >= 4 is 0 Å². The number of ether oxygens (including phenoxy) is 1. The first-order valence-electron chi connectivity index (χ1n) is 4.62. The van der Waals surface area contributed by atoms with E-state index >= 15 is 0 Å². The fraction of sp³-hybridized carbons (Fsp3) is 1.00. The highest BCUT2D eigenvalue weighted by Crippen LogP contribution is 2.08. The highest BCUT2D eigenvalue weighted by atomic mass is 16.5. The van der Waals surface area contributed by atoms with Crippen LogP contribution in [0.3, 0.4) is 0 Å². The normalized spacial score (nSPS) is 13.4. The van der Waals surface area contributed by atoms with Crippen LogP contribution in [0.4, 0.5) is 0 Å². The molecule has 1 unspecified atom stereocenters. The van der Waals surface area contributed by atoms with Gasteiger partial charge in [0, 0.05) is 13.2 Å². The Balaban J connectivity index is 3.20. The molecule has 2 N–H and O–H groups in total. The van der Waals surface area contributed by atoms with Crippen LogP contribution in [-0.4, -0.2) is 19.8 Å². The fourth-order valence-corrected chi connectivity index (χ4v) is 1.18. The SMILES string of the molecule is CCCC(CN)CCOCC. The maximum Gasteiger partial charge on any atom is 0.0469 e. The van der Waals surface area contributed by atoms with Crippen molar-refractivity contribution in [3.05, 3.63) is 0 Å². The molecule has 68 valence electrons. The smallest absolute Gasteiger partial charge is 0.0469 e. The van der Waals surface area contributed by atoms with E-state index in [1.54, 1.807) is 0 Å². The minimum absolute atomic E-state index is 0.673. The van der Waals surface area contributed by atoms with Crippen LogP contribution in [0.15, 0.2) is 0 Å². The first-order chi connectivity index (χ1) is 5.35. The van der Waals surface area contributed by atoms with Gasteiger partial charge in [0.05, 0.1) is 0 Å². The average molecular weight is 159 g/mol. The molecule has 2 heteroatoms. The maximum absolute atomic E-state index is 5.59. The van der Waals surface area contributed by atoms with Crippen molar-refractivity contribution in [3.63, 3.8) is 0 Å². The number of nitrogens with two attached hydrogens (primary N) is 1. The molecule has 2 nitrogen and oxygen atoms in total. The minimum Gasteiger partial charge on any atom is -0.382 e. The van der Waals surface area contributed by atoms with Crippen molar-refractivity contribution in [2.75, 3.05) is 19.8 Å². The summed E-state index contributed by atoms with van der Waals surface area (Å²) >= 11 is 0. The molecule has 0 radical (unpaired) electrons. The van der Waals surface area contributed by atoms with Crippen LogP contribution in [0.5, 0.6) is 0 Å². The third-order valence-corrected chi connectivity index (χ3v) is 1.90. The van der Waals surface area contributed by atoms with Gasteiger partial charge in [0.2, 0.25) is 0 Å². The molecule has 1 atom stereocenters. The molecule has 0 aliphatic rings. The van der Waals surface area contributed by atoms with Crippen molar-refractivity contribution < 1.29 is 4.74 Å². The van der Waals surface area contributed by atoms with E-state index in [0.717, 1.165) is 26.2 Å². The van der Waals surface area contributed by atoms with Crippen molar-refractivity contribution in [3.8, 4) is 0 Å². The number of hydrogen-bond acceptors (Lipinski definition) is 2. The lowest BCUT2D eigenvalue weighted by atomic mass is 10.0. The van der Waals surface area contributed by atoms with E-state index in [4.69, 9.17) is 10.5 Å². The molecule has 0 aliphatic carbocycles. The zero-order chi connectivity index (χ0) is 8.53. The van der Waals surface area contributed by atoms with Crippen LogP contribution in [0.2, 0.25) is 0 Å². The van der Waals surface area contributed by atoms with E-state index in [0.29, 0.717) is 5.92 Å². The predicted molar refractivity (Wildman–Crippen MR) is 48.6 cm³/mol. The summed E-state index contributed by atoms with van der Waals surface area (Å²) in [6.07, 6.45) is 3.59. The zero-order valence-corrected chi connectivity index (χ0v) is 7.81. The average Bonchev–Trinajstić information content (AvgIpc) is 2.03. The van der Waals surface area contributed by atoms with Gasteiger partial charge in [-0.2, -0.15) is 0 Å². The number of rotatable bonds is 7. The van der Waals surface area contributed by atoms with Gasteiger partial charge in [0.25, 0.3) is 0 Å². The Hall–Kier alpha value is -0.0800. The van der Waals surface area contributed by atoms with Crippen LogP contribution in [0.1, 0.15) is 33.1 Å². The molecule has 0 fully saturated rings. The minimum atomic E-state index is 0.673. The third kappa shape index (κ3) is 6.32. The second-order valence-corrected chi connectivity index (χ2v) is 2.88. The molecule has 0 rings (SSSR count). The molecule has 0 amide bonds. The van der Waals surface area contributed by atoms with Crippen molar-refractivity contribution in [2.24, 2.45) is 11.7 Å². The molecular weight excluding hydrogens is 138 g/mol. The molecule has 0 bridgehead atoms. The Morgan fingerprint density at radius 2 is 2.00 bits per heavy atom. The van der Waals surface area contributed by atoms with Crippen LogP contribution < -0.4 is 5.73 Å². The monoisotopic (exact) mass is 159 g/mol. The lowest BCUT2D eigenvalue weighted by molar-refractivity contribution is 0.131. The molecule has 0 aromatic heterocycles. The molecule has 0 heterocycles. The quantitative estimate of drug-likeness (QED) is 0.575. The first-order valence-corrected chi connectivity index (χ1v) is 4.62. The highest BCUT2D eigenvalue weighted by Gasteiger charge is 2.03. The van der Waals surface area contributed by atoms with Gasteiger partial charge < -0.3 is 10.5 Å². The Bertz CT molecular complexity index is 76.0. The Morgan fingerprint density at radius 1 is 1.27 bits per heavy atom. The van der Waals surface area contributed by atoms with Gasteiger partial charge in [-0.15, -0.1) is 0 Å². The molecule has 0 spiro atoms. The Morgan fingerprint density at radius 3 is 2.45 bits per heavy atom. The fourth-order valence-electron chi connectivity index (χ4n) is 1.18. The van der Waals surface area contributed by atoms with Crippen molar-refractivity contribution in [1.29, 1.82) is 0 Å². The van der Waals surface area contributed by atoms with Crippen LogP contribution in [0, 0.1) is 5.92 Å². The molecule has 0 aliphatic heterocycles. The Kier molecular flexibility index (Phi) is 7.96. The van der Waals surface area contributed by atoms with E-state index in [2.05, 4.69) is 6.92 Å². The standard InChI is InChI=1S/C9H21NO/c1-3-5-9(8-10)6-7-11-4-2/h9H,3-8,10H2,1-2H3. The highest BCUT2D eigenvalue weighted by molar-refractivity contribution is 4.58. The molecule has 0 saturated carbocycles. The van der Waals surface area contributed by atoms with Gasteiger partial charge in [-0.25, -0.2) is 0 Å². The van der Waals surface area contributed by atoms with Gasteiger partial charge in [0.1, 0.15) is 0 Å². The van der Waals surface area contributed by atoms with E-state index in [9.17, 15) is 0 Å². The summed E-state index contributed by atoms with van der Waals surface area (Å²) in [6.45, 7) is 6.73. The van der Waals surface area contributed by atoms with Gasteiger partial charge in [0.15, 0.2) is 0 Å². The van der Waals surface area contributed by atoms with Crippen LogP contribution in [-0.2, 0) is 4.74 Å². The van der Waals surface area contributed by atoms with Gasteiger partial charge in [-0.1, -0.05) is 13.3 Å². The summed E-state index contributed by atoms with van der Waals surface area (Å²) in [4.78, 5) is 0. The molecule has 0 aromatic rings. The largest absolute Gasteiger partial charge is 0.382 e. The second kappa shape index (κ2) is 8.02. The summed E-state index contributed by atoms with van der Waals surface area (Å²) in [5.41, 5.74) is 5.59. The lowest BCUT2D eigenvalue weighted by Crippen LogP contribution is -2.16. The summed E-state index contributed by atoms with van der Waals surface area (Å²) in [5, 5.41) is 0. The van der Waals surface area contributed by atoms with Gasteiger partial charge in [-0.05, 0) is 32.2 Å².